The molecule has 2 heterocycles. The van der Waals surface area contributed by atoms with Crippen LogP contribution in [-0.2, 0) is 11.4 Å². The van der Waals surface area contributed by atoms with Gasteiger partial charge in [0.25, 0.3) is 0 Å². The molecule has 31 heavy (non-hydrogen) atoms. The SMILES string of the molecule is O=C(CCOc1cccc(F)c1)N1CC[C@@H](c2cc(COc3cccc(Cl)c3)[nH]n2)C1. The van der Waals surface area contributed by atoms with Crippen molar-refractivity contribution in [3.05, 3.63) is 76.8 Å². The lowest BCUT2D eigenvalue weighted by Crippen LogP contribution is -2.29. The quantitative estimate of drug-likeness (QED) is 0.554. The number of carbonyl (C=O) groups excluding carboxylic acids is 1. The van der Waals surface area contributed by atoms with Crippen LogP contribution in [0.1, 0.15) is 30.1 Å². The lowest BCUT2D eigenvalue weighted by molar-refractivity contribution is -0.130. The molecule has 3 aromatic rings. The summed E-state index contributed by atoms with van der Waals surface area (Å²) in [6.45, 7) is 1.89. The van der Waals surface area contributed by atoms with Crippen LogP contribution in [0.5, 0.6) is 11.5 Å². The second kappa shape index (κ2) is 9.83. The Balaban J connectivity index is 1.23. The lowest BCUT2D eigenvalue weighted by Gasteiger charge is -2.16. The Morgan fingerprint density at radius 3 is 2.77 bits per heavy atom. The van der Waals surface area contributed by atoms with Gasteiger partial charge in [-0.2, -0.15) is 5.10 Å². The van der Waals surface area contributed by atoms with Crippen LogP contribution >= 0.6 is 11.6 Å². The molecule has 0 spiro atoms. The van der Waals surface area contributed by atoms with E-state index in [4.69, 9.17) is 21.1 Å². The Labute approximate surface area is 184 Å². The summed E-state index contributed by atoms with van der Waals surface area (Å²) in [5.74, 6) is 0.976. The molecule has 0 unspecified atom stereocenters. The smallest absolute Gasteiger partial charge is 0.226 e. The summed E-state index contributed by atoms with van der Waals surface area (Å²) in [6.07, 6.45) is 1.11. The molecule has 1 fully saturated rings. The van der Waals surface area contributed by atoms with Crippen LogP contribution in [0.25, 0.3) is 0 Å². The van der Waals surface area contributed by atoms with Crippen LogP contribution < -0.4 is 9.47 Å². The van der Waals surface area contributed by atoms with Crippen LogP contribution in [0.4, 0.5) is 4.39 Å². The molecular formula is C23H23ClFN3O3. The largest absolute Gasteiger partial charge is 0.493 e. The first-order valence-electron chi connectivity index (χ1n) is 10.2. The van der Waals surface area contributed by atoms with Crippen molar-refractivity contribution in [3.63, 3.8) is 0 Å². The molecule has 6 nitrogen and oxygen atoms in total. The third-order valence-electron chi connectivity index (χ3n) is 5.18. The number of benzene rings is 2. The molecule has 1 aromatic heterocycles. The van der Waals surface area contributed by atoms with E-state index in [-0.39, 0.29) is 30.7 Å². The zero-order valence-corrected chi connectivity index (χ0v) is 17.6. The number of halogens is 2. The first kappa shape index (κ1) is 21.2. The molecular weight excluding hydrogens is 421 g/mol. The van der Waals surface area contributed by atoms with E-state index in [1.807, 2.05) is 23.1 Å². The highest BCUT2D eigenvalue weighted by molar-refractivity contribution is 6.30. The van der Waals surface area contributed by atoms with Crippen LogP contribution in [0, 0.1) is 5.82 Å². The van der Waals surface area contributed by atoms with Gasteiger partial charge in [0.2, 0.25) is 5.91 Å². The third kappa shape index (κ3) is 5.76. The van der Waals surface area contributed by atoms with Crippen LogP contribution in [0.15, 0.2) is 54.6 Å². The predicted molar refractivity (Wildman–Crippen MR) is 115 cm³/mol. The fourth-order valence-corrected chi connectivity index (χ4v) is 3.76. The van der Waals surface area contributed by atoms with Crippen molar-refractivity contribution in [2.75, 3.05) is 19.7 Å². The molecule has 0 saturated carbocycles. The molecule has 1 atom stereocenters. The summed E-state index contributed by atoms with van der Waals surface area (Å²) in [4.78, 5) is 14.3. The highest BCUT2D eigenvalue weighted by atomic mass is 35.5. The molecule has 1 amide bonds. The maximum absolute atomic E-state index is 13.2. The molecule has 8 heteroatoms. The molecule has 1 aliphatic rings. The first-order chi connectivity index (χ1) is 15.1. The highest BCUT2D eigenvalue weighted by Crippen LogP contribution is 2.27. The van der Waals surface area contributed by atoms with Gasteiger partial charge in [-0.05, 0) is 42.8 Å². The van der Waals surface area contributed by atoms with Gasteiger partial charge in [0, 0.05) is 30.1 Å². The van der Waals surface area contributed by atoms with E-state index < -0.39 is 0 Å². The molecule has 2 aromatic carbocycles. The Morgan fingerprint density at radius 2 is 1.97 bits per heavy atom. The highest BCUT2D eigenvalue weighted by Gasteiger charge is 2.28. The fraction of sp³-hybridized carbons (Fsp3) is 0.304. The van der Waals surface area contributed by atoms with Gasteiger partial charge in [0.05, 0.1) is 24.4 Å². The minimum atomic E-state index is -0.359. The number of rotatable bonds is 8. The van der Waals surface area contributed by atoms with Gasteiger partial charge in [-0.15, -0.1) is 0 Å². The lowest BCUT2D eigenvalue weighted by atomic mass is 10.1. The second-order valence-electron chi connectivity index (χ2n) is 7.45. The molecule has 0 aliphatic carbocycles. The summed E-state index contributed by atoms with van der Waals surface area (Å²) >= 11 is 5.97. The third-order valence-corrected chi connectivity index (χ3v) is 5.42. The van der Waals surface area contributed by atoms with E-state index in [0.29, 0.717) is 36.2 Å². The Kier molecular flexibility index (Phi) is 6.72. The van der Waals surface area contributed by atoms with E-state index in [2.05, 4.69) is 10.2 Å². The number of likely N-dealkylation sites (tertiary alicyclic amines) is 1. The summed E-state index contributed by atoms with van der Waals surface area (Å²) in [5.41, 5.74) is 1.79. The van der Waals surface area contributed by atoms with Crippen molar-refractivity contribution >= 4 is 17.5 Å². The number of H-pyrrole nitrogens is 1. The number of hydrogen-bond acceptors (Lipinski definition) is 4. The number of ether oxygens (including phenoxy) is 2. The number of aromatic nitrogens is 2. The molecule has 0 bridgehead atoms. The number of hydrogen-bond donors (Lipinski definition) is 1. The van der Waals surface area contributed by atoms with Gasteiger partial charge >= 0.3 is 0 Å². The van der Waals surface area contributed by atoms with E-state index in [9.17, 15) is 9.18 Å². The van der Waals surface area contributed by atoms with Gasteiger partial charge < -0.3 is 14.4 Å². The van der Waals surface area contributed by atoms with Gasteiger partial charge in [0.15, 0.2) is 0 Å². The van der Waals surface area contributed by atoms with Crippen molar-refractivity contribution < 1.29 is 18.7 Å². The standard InChI is InChI=1S/C23H23ClFN3O3/c24-17-3-1-5-20(11-17)31-15-19-13-22(27-26-19)16-7-9-28(14-16)23(29)8-10-30-21-6-2-4-18(25)12-21/h1-6,11-13,16H,7-10,14-15H2,(H,26,27)/t16-/m1/s1. The summed E-state index contributed by atoms with van der Waals surface area (Å²) < 4.78 is 24.4. The molecule has 4 rings (SSSR count). The monoisotopic (exact) mass is 443 g/mol. The molecule has 1 N–H and O–H groups in total. The van der Waals surface area contributed by atoms with Crippen molar-refractivity contribution in [3.8, 4) is 11.5 Å². The topological polar surface area (TPSA) is 67.4 Å². The average molecular weight is 444 g/mol. The normalized spacial score (nSPS) is 15.8. The van der Waals surface area contributed by atoms with Crippen molar-refractivity contribution in [1.29, 1.82) is 0 Å². The summed E-state index contributed by atoms with van der Waals surface area (Å²) in [5, 5.41) is 8.03. The van der Waals surface area contributed by atoms with Crippen LogP contribution in [0.3, 0.4) is 0 Å². The Morgan fingerprint density at radius 1 is 1.16 bits per heavy atom. The molecule has 0 radical (unpaired) electrons. The second-order valence-corrected chi connectivity index (χ2v) is 7.88. The minimum Gasteiger partial charge on any atom is -0.493 e. The van der Waals surface area contributed by atoms with E-state index in [1.54, 1.807) is 24.3 Å². The number of amides is 1. The van der Waals surface area contributed by atoms with Gasteiger partial charge in [-0.25, -0.2) is 4.39 Å². The van der Waals surface area contributed by atoms with Crippen molar-refractivity contribution in [2.24, 2.45) is 0 Å². The Bertz CT molecular complexity index is 1040. The maximum Gasteiger partial charge on any atom is 0.226 e. The van der Waals surface area contributed by atoms with Crippen molar-refractivity contribution in [1.82, 2.24) is 15.1 Å². The minimum absolute atomic E-state index is 0.0268. The molecule has 1 aliphatic heterocycles. The van der Waals surface area contributed by atoms with E-state index in [0.717, 1.165) is 17.8 Å². The fourth-order valence-electron chi connectivity index (χ4n) is 3.58. The zero-order chi connectivity index (χ0) is 21.6. The van der Waals surface area contributed by atoms with Crippen LogP contribution in [0.2, 0.25) is 5.02 Å². The predicted octanol–water partition coefficient (Wildman–Crippen LogP) is 4.57. The molecule has 1 saturated heterocycles. The summed E-state index contributed by atoms with van der Waals surface area (Å²) in [7, 11) is 0. The number of aromatic amines is 1. The zero-order valence-electron chi connectivity index (χ0n) is 16.9. The van der Waals surface area contributed by atoms with Crippen LogP contribution in [-0.4, -0.2) is 40.7 Å². The van der Waals surface area contributed by atoms with Gasteiger partial charge in [-0.3, -0.25) is 9.89 Å². The number of nitrogens with one attached hydrogen (secondary N) is 1. The maximum atomic E-state index is 13.2. The summed E-state index contributed by atoms with van der Waals surface area (Å²) in [6, 6.07) is 15.1. The van der Waals surface area contributed by atoms with E-state index >= 15 is 0 Å². The number of nitrogens with zero attached hydrogens (tertiary/aromatic N) is 2. The molecule has 162 valence electrons. The average Bonchev–Trinajstić information content (AvgIpc) is 3.42. The number of carbonyl (C=O) groups is 1. The Hall–Kier alpha value is -3.06. The van der Waals surface area contributed by atoms with Gasteiger partial charge in [-0.1, -0.05) is 23.7 Å². The van der Waals surface area contributed by atoms with E-state index in [1.165, 1.54) is 12.1 Å². The van der Waals surface area contributed by atoms with Crippen molar-refractivity contribution in [2.45, 2.75) is 25.4 Å². The van der Waals surface area contributed by atoms with Gasteiger partial charge in [0.1, 0.15) is 23.9 Å². The first-order valence-corrected chi connectivity index (χ1v) is 10.5.